The number of nitrogens with zero attached hydrogens (tertiary/aromatic N) is 3. The van der Waals surface area contributed by atoms with Crippen molar-refractivity contribution in [3.8, 4) is 22.4 Å². The molecule has 4 aromatic rings. The van der Waals surface area contributed by atoms with Gasteiger partial charge in [0.15, 0.2) is 0 Å². The second-order valence-corrected chi connectivity index (χ2v) is 10.2. The van der Waals surface area contributed by atoms with Crippen LogP contribution in [0.2, 0.25) is 0 Å². The van der Waals surface area contributed by atoms with Crippen LogP contribution in [0.1, 0.15) is 36.9 Å². The summed E-state index contributed by atoms with van der Waals surface area (Å²) >= 11 is 0. The predicted molar refractivity (Wildman–Crippen MR) is 146 cm³/mol. The summed E-state index contributed by atoms with van der Waals surface area (Å²) in [6.45, 7) is 2.30. The van der Waals surface area contributed by atoms with E-state index in [9.17, 15) is 4.79 Å². The zero-order chi connectivity index (χ0) is 24.5. The first-order chi connectivity index (χ1) is 17.7. The number of nitrogens with one attached hydrogen (secondary N) is 1. The van der Waals surface area contributed by atoms with Gasteiger partial charge in [-0.1, -0.05) is 24.3 Å². The molecule has 5 nitrogen and oxygen atoms in total. The molecule has 1 fully saturated rings. The Labute approximate surface area is 212 Å². The number of fused-ring (bicyclic) bond motifs is 2. The van der Waals surface area contributed by atoms with E-state index < -0.39 is 0 Å². The fraction of sp³-hybridized carbons (Fsp3) is 0.323. The van der Waals surface area contributed by atoms with Gasteiger partial charge in [0.05, 0.1) is 5.69 Å². The smallest absolute Gasteiger partial charge is 0.227 e. The lowest BCUT2D eigenvalue weighted by Crippen LogP contribution is -2.30. The van der Waals surface area contributed by atoms with Gasteiger partial charge in [-0.2, -0.15) is 0 Å². The maximum atomic E-state index is 12.1. The number of piperidine rings is 1. The Kier molecular flexibility index (Phi) is 6.24. The maximum absolute atomic E-state index is 12.1. The Morgan fingerprint density at radius 3 is 2.64 bits per heavy atom. The van der Waals surface area contributed by atoms with Crippen LogP contribution in [-0.2, 0) is 17.6 Å². The van der Waals surface area contributed by atoms with Crippen LogP contribution in [0.3, 0.4) is 0 Å². The highest BCUT2D eigenvalue weighted by atomic mass is 16.2. The van der Waals surface area contributed by atoms with Gasteiger partial charge in [0.25, 0.3) is 0 Å². The van der Waals surface area contributed by atoms with Gasteiger partial charge in [0, 0.05) is 48.2 Å². The predicted octanol–water partition coefficient (Wildman–Crippen LogP) is 5.81. The van der Waals surface area contributed by atoms with Crippen molar-refractivity contribution in [2.45, 2.75) is 38.5 Å². The molecule has 2 aromatic carbocycles. The number of pyridine rings is 2. The highest BCUT2D eigenvalue weighted by Crippen LogP contribution is 2.35. The van der Waals surface area contributed by atoms with Gasteiger partial charge in [-0.3, -0.25) is 14.8 Å². The number of aryl methyl sites for hydroxylation is 2. The van der Waals surface area contributed by atoms with Crippen molar-refractivity contribution >= 4 is 22.4 Å². The van der Waals surface area contributed by atoms with Crippen LogP contribution >= 0.6 is 0 Å². The lowest BCUT2D eigenvalue weighted by molar-refractivity contribution is -0.118. The minimum absolute atomic E-state index is 0.182. The van der Waals surface area contributed by atoms with Crippen LogP contribution in [0, 0.1) is 5.92 Å². The van der Waals surface area contributed by atoms with Crippen LogP contribution in [0.5, 0.6) is 0 Å². The van der Waals surface area contributed by atoms with Gasteiger partial charge < -0.3 is 10.2 Å². The minimum Gasteiger partial charge on any atom is -0.317 e. The van der Waals surface area contributed by atoms with E-state index in [0.717, 1.165) is 65.1 Å². The molecule has 0 unspecified atom stereocenters. The third-order valence-electron chi connectivity index (χ3n) is 7.89. The van der Waals surface area contributed by atoms with Crippen LogP contribution < -0.4 is 10.2 Å². The third kappa shape index (κ3) is 4.51. The van der Waals surface area contributed by atoms with Crippen molar-refractivity contribution in [1.82, 2.24) is 15.3 Å². The SMILES string of the molecule is CN1C(=O)CCc2cc(-c3cccc4cc(-c5ccc(CCC6CCNCC6)nc5)ncc34)ccc21. The normalized spacial score (nSPS) is 16.4. The fourth-order valence-corrected chi connectivity index (χ4v) is 5.65. The Morgan fingerprint density at radius 1 is 0.944 bits per heavy atom. The fourth-order valence-electron chi connectivity index (χ4n) is 5.65. The molecule has 2 aliphatic rings. The van der Waals surface area contributed by atoms with Crippen LogP contribution in [0.25, 0.3) is 33.2 Å². The Hall–Kier alpha value is -3.57. The molecule has 2 aromatic heterocycles. The summed E-state index contributed by atoms with van der Waals surface area (Å²) in [6.07, 6.45) is 10.1. The van der Waals surface area contributed by atoms with Crippen molar-refractivity contribution < 1.29 is 4.79 Å². The number of aromatic nitrogens is 2. The van der Waals surface area contributed by atoms with Crippen LogP contribution in [0.4, 0.5) is 5.69 Å². The first-order valence-corrected chi connectivity index (χ1v) is 13.1. The van der Waals surface area contributed by atoms with Crippen molar-refractivity contribution in [2.24, 2.45) is 5.92 Å². The van der Waals surface area contributed by atoms with Crippen molar-refractivity contribution in [2.75, 3.05) is 25.0 Å². The van der Waals surface area contributed by atoms with E-state index in [4.69, 9.17) is 9.97 Å². The van der Waals surface area contributed by atoms with Crippen molar-refractivity contribution in [3.63, 3.8) is 0 Å². The number of carbonyl (C=O) groups excluding carboxylic acids is 1. The second kappa shape index (κ2) is 9.82. The summed E-state index contributed by atoms with van der Waals surface area (Å²) in [5.74, 6) is 1.00. The summed E-state index contributed by atoms with van der Waals surface area (Å²) in [7, 11) is 1.86. The van der Waals surface area contributed by atoms with E-state index >= 15 is 0 Å². The van der Waals surface area contributed by atoms with E-state index in [-0.39, 0.29) is 5.91 Å². The largest absolute Gasteiger partial charge is 0.317 e. The molecule has 1 N–H and O–H groups in total. The van der Waals surface area contributed by atoms with Gasteiger partial charge in [0.1, 0.15) is 0 Å². The number of hydrogen-bond acceptors (Lipinski definition) is 4. The van der Waals surface area contributed by atoms with Crippen LogP contribution in [-0.4, -0.2) is 36.0 Å². The minimum atomic E-state index is 0.182. The van der Waals surface area contributed by atoms with E-state index in [0.29, 0.717) is 6.42 Å². The standard InChI is InChI=1S/C31H32N4O/c1-35-30-11-7-23(17-24(30)8-12-31(35)36)27-4-2-3-22-18-29(34-20-28(22)27)25-6-10-26(33-19-25)9-5-21-13-15-32-16-14-21/h2-4,6-7,10-11,17-21,32H,5,8-9,12-16H2,1H3. The molecule has 1 amide bonds. The molecular formula is C31H32N4O. The lowest BCUT2D eigenvalue weighted by Gasteiger charge is -2.26. The van der Waals surface area contributed by atoms with Gasteiger partial charge in [-0.05, 0) is 104 Å². The topological polar surface area (TPSA) is 58.1 Å². The van der Waals surface area contributed by atoms with Crippen molar-refractivity contribution in [1.29, 1.82) is 0 Å². The zero-order valence-electron chi connectivity index (χ0n) is 20.8. The average molecular weight is 477 g/mol. The number of rotatable bonds is 5. The van der Waals surface area contributed by atoms with E-state index in [1.165, 1.54) is 36.1 Å². The number of carbonyl (C=O) groups is 1. The number of anilines is 1. The summed E-state index contributed by atoms with van der Waals surface area (Å²) in [6, 6.07) is 19.3. The molecule has 1 saturated heterocycles. The molecule has 5 heteroatoms. The van der Waals surface area contributed by atoms with Gasteiger partial charge in [-0.25, -0.2) is 0 Å². The van der Waals surface area contributed by atoms with Gasteiger partial charge in [-0.15, -0.1) is 0 Å². The van der Waals surface area contributed by atoms with Crippen molar-refractivity contribution in [3.05, 3.63) is 78.2 Å². The molecule has 0 spiro atoms. The lowest BCUT2D eigenvalue weighted by atomic mass is 9.92. The molecule has 0 saturated carbocycles. The summed E-state index contributed by atoms with van der Waals surface area (Å²) in [5.41, 5.74) is 7.73. The molecule has 6 rings (SSSR count). The molecule has 0 aliphatic carbocycles. The molecule has 36 heavy (non-hydrogen) atoms. The Balaban J connectivity index is 1.24. The highest BCUT2D eigenvalue weighted by molar-refractivity contribution is 5.99. The third-order valence-corrected chi connectivity index (χ3v) is 7.89. The maximum Gasteiger partial charge on any atom is 0.227 e. The number of benzene rings is 2. The Bertz CT molecular complexity index is 1410. The van der Waals surface area contributed by atoms with E-state index in [2.05, 4.69) is 59.9 Å². The summed E-state index contributed by atoms with van der Waals surface area (Å²) in [4.78, 5) is 23.4. The van der Waals surface area contributed by atoms with E-state index in [1.807, 2.05) is 19.4 Å². The quantitative estimate of drug-likeness (QED) is 0.395. The number of amides is 1. The molecular weight excluding hydrogens is 444 g/mol. The first-order valence-electron chi connectivity index (χ1n) is 13.1. The molecule has 2 aliphatic heterocycles. The monoisotopic (exact) mass is 476 g/mol. The average Bonchev–Trinajstić information content (AvgIpc) is 2.94. The van der Waals surface area contributed by atoms with E-state index in [1.54, 1.807) is 4.90 Å². The summed E-state index contributed by atoms with van der Waals surface area (Å²) in [5, 5.41) is 5.74. The zero-order valence-corrected chi connectivity index (χ0v) is 20.8. The molecule has 182 valence electrons. The highest BCUT2D eigenvalue weighted by Gasteiger charge is 2.21. The molecule has 0 radical (unpaired) electrons. The molecule has 0 atom stereocenters. The first kappa shape index (κ1) is 22.9. The van der Waals surface area contributed by atoms with Gasteiger partial charge >= 0.3 is 0 Å². The second-order valence-electron chi connectivity index (χ2n) is 10.2. The Morgan fingerprint density at radius 2 is 1.81 bits per heavy atom. The number of hydrogen-bond donors (Lipinski definition) is 1. The van der Waals surface area contributed by atoms with Crippen LogP contribution in [0.15, 0.2) is 67.0 Å². The summed E-state index contributed by atoms with van der Waals surface area (Å²) < 4.78 is 0. The van der Waals surface area contributed by atoms with Gasteiger partial charge in [0.2, 0.25) is 5.91 Å². The molecule has 0 bridgehead atoms. The molecule has 4 heterocycles.